The Bertz CT molecular complexity index is 1230. The van der Waals surface area contributed by atoms with E-state index in [4.69, 9.17) is 10.7 Å². The number of benzene rings is 1. The molecular weight excluding hydrogens is 425 g/mol. The van der Waals surface area contributed by atoms with Crippen LogP contribution in [-0.4, -0.2) is 37.9 Å². The zero-order chi connectivity index (χ0) is 23.3. The molecule has 0 radical (unpaired) electrons. The largest absolute Gasteiger partial charge is 0.386 e. The summed E-state index contributed by atoms with van der Waals surface area (Å²) < 4.78 is 28.8. The van der Waals surface area contributed by atoms with Gasteiger partial charge in [-0.2, -0.15) is 0 Å². The smallest absolute Gasteiger partial charge is 0.128 e. The van der Waals surface area contributed by atoms with E-state index in [9.17, 15) is 4.55 Å². The Morgan fingerprint density at radius 3 is 2.66 bits per heavy atom. The molecule has 3 heterocycles. The Hall–Kier alpha value is -2.55. The molecule has 1 aromatic carbocycles. The molecule has 6 nitrogen and oxygen atoms in total. The van der Waals surface area contributed by atoms with Gasteiger partial charge >= 0.3 is 0 Å². The van der Waals surface area contributed by atoms with E-state index in [-0.39, 0.29) is 11.6 Å². The van der Waals surface area contributed by atoms with Crippen molar-refractivity contribution in [1.29, 1.82) is 0 Å². The Morgan fingerprint density at radius 1 is 1.19 bits per heavy atom. The van der Waals surface area contributed by atoms with Gasteiger partial charge in [0.15, 0.2) is 0 Å². The third-order valence-corrected chi connectivity index (χ3v) is 10.0. The van der Waals surface area contributed by atoms with E-state index in [2.05, 4.69) is 20.8 Å². The van der Waals surface area contributed by atoms with Gasteiger partial charge in [0.1, 0.15) is 11.7 Å². The topological polar surface area (TPSA) is 96.4 Å². The van der Waals surface area contributed by atoms with Crippen LogP contribution in [0.3, 0.4) is 0 Å². The minimum atomic E-state index is -2.38. The molecule has 1 aliphatic rings. The van der Waals surface area contributed by atoms with Gasteiger partial charge in [0.05, 0.1) is 21.5 Å². The predicted molar refractivity (Wildman–Crippen MR) is 131 cm³/mol. The summed E-state index contributed by atoms with van der Waals surface area (Å²) in [5.41, 5.74) is 9.36. The Kier molecular flexibility index (Phi) is 5.51. The summed E-state index contributed by atoms with van der Waals surface area (Å²) in [4.78, 5) is 13.8. The number of aliphatic imine (C=N–C) groups is 1. The Labute approximate surface area is 189 Å². The summed E-state index contributed by atoms with van der Waals surface area (Å²) in [5, 5.41) is 1.03. The van der Waals surface area contributed by atoms with Gasteiger partial charge in [-0.3, -0.25) is 19.7 Å². The van der Waals surface area contributed by atoms with E-state index >= 15 is 4.39 Å². The molecule has 2 atom stereocenters. The predicted octanol–water partition coefficient (Wildman–Crippen LogP) is 4.44. The maximum atomic E-state index is 15.1. The highest BCUT2D eigenvalue weighted by atomic mass is 32.3. The van der Waals surface area contributed by atoms with Crippen molar-refractivity contribution in [2.24, 2.45) is 10.7 Å². The number of hydrogen-bond donors (Lipinski definition) is 3. The van der Waals surface area contributed by atoms with Crippen molar-refractivity contribution in [3.05, 3.63) is 70.9 Å². The maximum Gasteiger partial charge on any atom is 0.128 e. The maximum absolute atomic E-state index is 15.1. The van der Waals surface area contributed by atoms with Crippen LogP contribution in [0.2, 0.25) is 0 Å². The van der Waals surface area contributed by atoms with Gasteiger partial charge in [0, 0.05) is 35.5 Å². The van der Waals surface area contributed by atoms with E-state index in [0.29, 0.717) is 17.8 Å². The first-order valence-electron chi connectivity index (χ1n) is 10.6. The monoisotopic (exact) mass is 455 g/mol. The lowest BCUT2D eigenvalue weighted by atomic mass is 9.90. The van der Waals surface area contributed by atoms with Crippen LogP contribution in [0.5, 0.6) is 0 Å². The number of nitrogens with one attached hydrogen (secondary N) is 1. The molecule has 0 aliphatic carbocycles. The highest BCUT2D eigenvalue weighted by molar-refractivity contribution is 8.29. The summed E-state index contributed by atoms with van der Waals surface area (Å²) in [6, 6.07) is 9.05. The van der Waals surface area contributed by atoms with Gasteiger partial charge in [-0.05, 0) is 64.1 Å². The molecule has 170 valence electrons. The van der Waals surface area contributed by atoms with Gasteiger partial charge in [0.25, 0.3) is 0 Å². The number of pyridine rings is 2. The zero-order valence-corrected chi connectivity index (χ0v) is 19.9. The Balaban J connectivity index is 1.77. The number of nitrogens with two attached hydrogens (primary N) is 1. The number of aryl methyl sites for hydroxylation is 1. The lowest BCUT2D eigenvalue weighted by molar-refractivity contribution is 0.472. The summed E-state index contributed by atoms with van der Waals surface area (Å²) >= 11 is 0. The molecule has 8 heteroatoms. The number of halogens is 1. The fourth-order valence-electron chi connectivity index (χ4n) is 4.30. The molecule has 32 heavy (non-hydrogen) atoms. The van der Waals surface area contributed by atoms with Crippen molar-refractivity contribution in [2.45, 2.75) is 44.4 Å². The van der Waals surface area contributed by atoms with Crippen molar-refractivity contribution >= 4 is 27.2 Å². The fraction of sp³-hybridized carbons (Fsp3) is 0.375. The van der Waals surface area contributed by atoms with Crippen LogP contribution in [0, 0.1) is 12.7 Å². The van der Waals surface area contributed by atoms with Crippen LogP contribution in [0.15, 0.2) is 47.7 Å². The minimum Gasteiger partial charge on any atom is -0.386 e. The molecule has 3 aromatic rings. The van der Waals surface area contributed by atoms with Crippen molar-refractivity contribution in [2.75, 3.05) is 12.8 Å². The SMILES string of the molecule is CNS1(O)C[C@@](C)(c2cc(Cc3nccc4cc(C)cnc34)ccc2F)N=C(N)C1(C)C. The highest BCUT2D eigenvalue weighted by Gasteiger charge is 2.51. The van der Waals surface area contributed by atoms with Gasteiger partial charge < -0.3 is 10.3 Å². The number of nitrogens with zero attached hydrogens (tertiary/aromatic N) is 3. The third kappa shape index (κ3) is 3.66. The van der Waals surface area contributed by atoms with Gasteiger partial charge in [-0.1, -0.05) is 22.6 Å². The lowest BCUT2D eigenvalue weighted by Crippen LogP contribution is -2.55. The Morgan fingerprint density at radius 2 is 1.94 bits per heavy atom. The van der Waals surface area contributed by atoms with Crippen molar-refractivity contribution in [3.63, 3.8) is 0 Å². The average molecular weight is 456 g/mol. The molecule has 4 N–H and O–H groups in total. The lowest BCUT2D eigenvalue weighted by Gasteiger charge is -2.53. The number of aromatic nitrogens is 2. The molecule has 0 saturated heterocycles. The summed E-state index contributed by atoms with van der Waals surface area (Å²) in [6.07, 6.45) is 4.10. The van der Waals surface area contributed by atoms with Crippen molar-refractivity contribution in [1.82, 2.24) is 14.7 Å². The van der Waals surface area contributed by atoms with Crippen LogP contribution in [0.25, 0.3) is 10.9 Å². The van der Waals surface area contributed by atoms with Crippen LogP contribution >= 0.6 is 10.5 Å². The van der Waals surface area contributed by atoms with E-state index in [0.717, 1.165) is 27.7 Å². The van der Waals surface area contributed by atoms with E-state index < -0.39 is 20.8 Å². The quantitative estimate of drug-likeness (QED) is 0.540. The first-order valence-corrected chi connectivity index (χ1v) is 12.3. The summed E-state index contributed by atoms with van der Waals surface area (Å²) in [5.74, 6) is 0.209. The molecule has 1 aliphatic heterocycles. The van der Waals surface area contributed by atoms with E-state index in [1.54, 1.807) is 19.3 Å². The van der Waals surface area contributed by atoms with Crippen LogP contribution in [0.4, 0.5) is 4.39 Å². The fourth-order valence-corrected chi connectivity index (χ4v) is 6.75. The second kappa shape index (κ2) is 7.79. The van der Waals surface area contributed by atoms with E-state index in [1.165, 1.54) is 6.07 Å². The number of rotatable bonds is 4. The normalized spacial score (nSPS) is 27.0. The number of amidine groups is 1. The van der Waals surface area contributed by atoms with Crippen LogP contribution < -0.4 is 10.5 Å². The first-order chi connectivity index (χ1) is 15.0. The molecule has 2 aromatic heterocycles. The molecule has 1 unspecified atom stereocenters. The van der Waals surface area contributed by atoms with Gasteiger partial charge in [0.2, 0.25) is 0 Å². The molecule has 0 spiro atoms. The van der Waals surface area contributed by atoms with Gasteiger partial charge in [-0.15, -0.1) is 0 Å². The second-order valence-electron chi connectivity index (χ2n) is 9.17. The minimum absolute atomic E-state index is 0.262. The van der Waals surface area contributed by atoms with Gasteiger partial charge in [-0.25, -0.2) is 4.39 Å². The standard InChI is InChI=1S/C24H30FN5OS/c1-15-10-17-8-9-28-20(21(17)29-13-15)12-16-6-7-19(25)18(11-16)24(4)14-32(31,27-5)23(2,3)22(26)30-24/h6-11,13,27,31H,12,14H2,1-5H3,(H2,26,30)/t24-/m0/s1. The molecule has 0 amide bonds. The average Bonchev–Trinajstić information content (AvgIpc) is 2.73. The van der Waals surface area contributed by atoms with Crippen LogP contribution in [-0.2, 0) is 12.0 Å². The van der Waals surface area contributed by atoms with Crippen LogP contribution in [0.1, 0.15) is 43.2 Å². The summed E-state index contributed by atoms with van der Waals surface area (Å²) in [7, 11) is -0.665. The van der Waals surface area contributed by atoms with E-state index in [1.807, 2.05) is 46.0 Å². The first kappa shape index (κ1) is 22.6. The van der Waals surface area contributed by atoms with Crippen molar-refractivity contribution in [3.8, 4) is 0 Å². The van der Waals surface area contributed by atoms with Crippen molar-refractivity contribution < 1.29 is 8.94 Å². The molecule has 4 rings (SSSR count). The number of hydrogen-bond acceptors (Lipinski definition) is 6. The zero-order valence-electron chi connectivity index (χ0n) is 19.1. The number of fused-ring (bicyclic) bond motifs is 1. The molecular formula is C24H30FN5OS. The second-order valence-corrected chi connectivity index (χ2v) is 12.3. The highest BCUT2D eigenvalue weighted by Crippen LogP contribution is 2.59. The third-order valence-electron chi connectivity index (χ3n) is 6.45. The molecule has 0 bridgehead atoms. The molecule has 0 fully saturated rings. The molecule has 0 saturated carbocycles. The summed E-state index contributed by atoms with van der Waals surface area (Å²) in [6.45, 7) is 7.56.